The number of aromatic hydroxyl groups is 2. The summed E-state index contributed by atoms with van der Waals surface area (Å²) in [5.41, 5.74) is 0.960. The van der Waals surface area contributed by atoms with Gasteiger partial charge in [0.15, 0.2) is 16.7 Å². The molecule has 2 aromatic carbocycles. The molecule has 0 unspecified atom stereocenters. The Morgan fingerprint density at radius 2 is 1.92 bits per heavy atom. The largest absolute Gasteiger partial charge is 0.504 e. The van der Waals surface area contributed by atoms with Gasteiger partial charge in [-0.25, -0.2) is 9.38 Å². The molecular formula is C16H10ClFN2O3S. The number of carbonyl (C=O) groups excluding carboxylic acids is 1. The van der Waals surface area contributed by atoms with Crippen molar-refractivity contribution in [3.8, 4) is 11.5 Å². The Kier molecular flexibility index (Phi) is 4.46. The molecule has 2 aromatic rings. The number of amidine groups is 1. The highest BCUT2D eigenvalue weighted by Crippen LogP contribution is 2.36. The third-order valence-corrected chi connectivity index (χ3v) is 4.27. The number of nitrogens with one attached hydrogen (secondary N) is 1. The lowest BCUT2D eigenvalue weighted by molar-refractivity contribution is -0.115. The third kappa shape index (κ3) is 3.52. The van der Waals surface area contributed by atoms with E-state index in [1.54, 1.807) is 0 Å². The fraction of sp³-hybridized carbons (Fsp3) is 0. The van der Waals surface area contributed by atoms with Gasteiger partial charge >= 0.3 is 0 Å². The van der Waals surface area contributed by atoms with E-state index in [-0.39, 0.29) is 22.5 Å². The van der Waals surface area contributed by atoms with Crippen LogP contribution in [0.5, 0.6) is 11.5 Å². The van der Waals surface area contributed by atoms with Crippen molar-refractivity contribution in [2.45, 2.75) is 0 Å². The van der Waals surface area contributed by atoms with Crippen LogP contribution >= 0.6 is 23.4 Å². The molecule has 3 N–H and O–H groups in total. The maximum atomic E-state index is 12.9. The van der Waals surface area contributed by atoms with Crippen LogP contribution in [0.1, 0.15) is 5.56 Å². The highest BCUT2D eigenvalue weighted by Gasteiger charge is 2.24. The average Bonchev–Trinajstić information content (AvgIpc) is 2.87. The number of benzene rings is 2. The minimum Gasteiger partial charge on any atom is -0.504 e. The van der Waals surface area contributed by atoms with Gasteiger partial charge in [-0.15, -0.1) is 0 Å². The van der Waals surface area contributed by atoms with Crippen LogP contribution in [-0.4, -0.2) is 21.3 Å². The number of nitrogens with zero attached hydrogens (tertiary/aromatic N) is 1. The van der Waals surface area contributed by atoms with Crippen LogP contribution in [0.15, 0.2) is 46.3 Å². The van der Waals surface area contributed by atoms with Gasteiger partial charge in [-0.2, -0.15) is 0 Å². The fourth-order valence-electron chi connectivity index (χ4n) is 1.95. The van der Waals surface area contributed by atoms with Crippen molar-refractivity contribution < 1.29 is 19.4 Å². The normalized spacial score (nSPS) is 17.5. The van der Waals surface area contributed by atoms with Crippen molar-refractivity contribution in [2.75, 3.05) is 0 Å². The quantitative estimate of drug-likeness (QED) is 0.559. The highest BCUT2D eigenvalue weighted by atomic mass is 35.5. The molecule has 0 spiro atoms. The fourth-order valence-corrected chi connectivity index (χ4v) is 3.02. The summed E-state index contributed by atoms with van der Waals surface area (Å²) < 4.78 is 12.9. The van der Waals surface area contributed by atoms with Gasteiger partial charge in [0.05, 0.1) is 15.6 Å². The van der Waals surface area contributed by atoms with Gasteiger partial charge in [0.2, 0.25) is 0 Å². The SMILES string of the molecule is O=C1NC(=Nc2ccc(F)cc2)S/C1=C\c1cc(O)c(O)c(Cl)c1. The molecule has 0 atom stereocenters. The summed E-state index contributed by atoms with van der Waals surface area (Å²) in [4.78, 5) is 16.5. The number of rotatable bonds is 2. The van der Waals surface area contributed by atoms with Crippen LogP contribution in [0.3, 0.4) is 0 Å². The first kappa shape index (κ1) is 16.4. The molecule has 0 saturated carbocycles. The Labute approximate surface area is 145 Å². The van der Waals surface area contributed by atoms with E-state index in [2.05, 4.69) is 10.3 Å². The zero-order chi connectivity index (χ0) is 17.3. The monoisotopic (exact) mass is 364 g/mol. The zero-order valence-electron chi connectivity index (χ0n) is 12.0. The molecule has 1 fully saturated rings. The van der Waals surface area contributed by atoms with Gasteiger partial charge in [0.25, 0.3) is 5.91 Å². The standard InChI is InChI=1S/C16H10ClFN2O3S/c17-11-5-8(6-12(21)14(11)22)7-13-15(23)20-16(24-13)19-10-3-1-9(18)2-4-10/h1-7,21-22H,(H,19,20,23)/b13-7-. The van der Waals surface area contributed by atoms with Gasteiger partial charge in [0.1, 0.15) is 5.82 Å². The maximum Gasteiger partial charge on any atom is 0.264 e. The number of halogens is 2. The summed E-state index contributed by atoms with van der Waals surface area (Å²) in [7, 11) is 0. The number of aliphatic imine (C=N–C) groups is 1. The molecule has 122 valence electrons. The average molecular weight is 365 g/mol. The summed E-state index contributed by atoms with van der Waals surface area (Å²) in [6.07, 6.45) is 1.51. The van der Waals surface area contributed by atoms with E-state index < -0.39 is 5.75 Å². The van der Waals surface area contributed by atoms with Gasteiger partial charge in [-0.3, -0.25) is 4.79 Å². The summed E-state index contributed by atoms with van der Waals surface area (Å²) in [5, 5.41) is 21.9. The maximum absolute atomic E-state index is 12.9. The molecule has 0 aromatic heterocycles. The number of phenolic OH excluding ortho intramolecular Hbond substituents is 2. The van der Waals surface area contributed by atoms with Gasteiger partial charge < -0.3 is 15.5 Å². The Balaban J connectivity index is 1.86. The van der Waals surface area contributed by atoms with Gasteiger partial charge in [0, 0.05) is 0 Å². The second-order valence-electron chi connectivity index (χ2n) is 4.83. The van der Waals surface area contributed by atoms with E-state index >= 15 is 0 Å². The lowest BCUT2D eigenvalue weighted by Crippen LogP contribution is -2.19. The van der Waals surface area contributed by atoms with Crippen LogP contribution in [0.2, 0.25) is 5.02 Å². The Morgan fingerprint density at radius 1 is 1.21 bits per heavy atom. The number of phenols is 2. The predicted octanol–water partition coefficient (Wildman–Crippen LogP) is 3.78. The molecule has 1 saturated heterocycles. The van der Waals surface area contributed by atoms with E-state index in [9.17, 15) is 19.4 Å². The molecule has 24 heavy (non-hydrogen) atoms. The highest BCUT2D eigenvalue weighted by molar-refractivity contribution is 8.18. The topological polar surface area (TPSA) is 81.9 Å². The third-order valence-electron chi connectivity index (χ3n) is 3.07. The van der Waals surface area contributed by atoms with Crippen molar-refractivity contribution >= 4 is 46.2 Å². The van der Waals surface area contributed by atoms with E-state index in [1.165, 1.54) is 42.5 Å². The zero-order valence-corrected chi connectivity index (χ0v) is 13.5. The van der Waals surface area contributed by atoms with E-state index in [0.717, 1.165) is 11.8 Å². The Morgan fingerprint density at radius 3 is 2.58 bits per heavy atom. The summed E-state index contributed by atoms with van der Waals surface area (Å²) in [5.74, 6) is -1.52. The second kappa shape index (κ2) is 6.54. The van der Waals surface area contributed by atoms with Crippen LogP contribution in [-0.2, 0) is 4.79 Å². The first-order chi connectivity index (χ1) is 11.4. The first-order valence-electron chi connectivity index (χ1n) is 6.69. The number of hydrogen-bond acceptors (Lipinski definition) is 5. The van der Waals surface area contributed by atoms with Crippen molar-refractivity contribution in [2.24, 2.45) is 4.99 Å². The van der Waals surface area contributed by atoms with Crippen molar-refractivity contribution in [1.29, 1.82) is 0 Å². The minimum atomic E-state index is -0.416. The van der Waals surface area contributed by atoms with Gasteiger partial charge in [-0.1, -0.05) is 11.6 Å². The van der Waals surface area contributed by atoms with Crippen molar-refractivity contribution in [3.63, 3.8) is 0 Å². The van der Waals surface area contributed by atoms with Crippen LogP contribution in [0.25, 0.3) is 6.08 Å². The number of amides is 1. The molecule has 5 nitrogen and oxygen atoms in total. The molecule has 1 heterocycles. The lowest BCUT2D eigenvalue weighted by atomic mass is 10.2. The smallest absolute Gasteiger partial charge is 0.264 e. The predicted molar refractivity (Wildman–Crippen MR) is 92.0 cm³/mol. The number of thioether (sulfide) groups is 1. The Hall–Kier alpha value is -2.51. The van der Waals surface area contributed by atoms with E-state index in [0.29, 0.717) is 21.3 Å². The molecule has 1 aliphatic rings. The van der Waals surface area contributed by atoms with Crippen LogP contribution in [0.4, 0.5) is 10.1 Å². The van der Waals surface area contributed by atoms with Crippen LogP contribution in [0, 0.1) is 5.82 Å². The molecule has 3 rings (SSSR count). The van der Waals surface area contributed by atoms with E-state index in [4.69, 9.17) is 11.6 Å². The van der Waals surface area contributed by atoms with Crippen LogP contribution < -0.4 is 5.32 Å². The number of carbonyl (C=O) groups is 1. The minimum absolute atomic E-state index is 0.0227. The van der Waals surface area contributed by atoms with E-state index in [1.807, 2.05) is 0 Å². The van der Waals surface area contributed by atoms with Crippen molar-refractivity contribution in [3.05, 3.63) is 57.7 Å². The molecule has 0 bridgehead atoms. The molecule has 8 heteroatoms. The lowest BCUT2D eigenvalue weighted by Gasteiger charge is -2.02. The second-order valence-corrected chi connectivity index (χ2v) is 6.27. The molecule has 0 aliphatic carbocycles. The van der Waals surface area contributed by atoms with Crippen molar-refractivity contribution in [1.82, 2.24) is 5.32 Å². The summed E-state index contributed by atoms with van der Waals surface area (Å²) in [6, 6.07) is 8.25. The summed E-state index contributed by atoms with van der Waals surface area (Å²) >= 11 is 6.89. The van der Waals surface area contributed by atoms with Gasteiger partial charge in [-0.05, 0) is 59.8 Å². The first-order valence-corrected chi connectivity index (χ1v) is 7.88. The molecular weight excluding hydrogens is 355 g/mol. The molecule has 1 amide bonds. The summed E-state index contributed by atoms with van der Waals surface area (Å²) in [6.45, 7) is 0. The molecule has 1 aliphatic heterocycles. The molecule has 0 radical (unpaired) electrons. The number of hydrogen-bond donors (Lipinski definition) is 3. The Bertz CT molecular complexity index is 858.